The van der Waals surface area contributed by atoms with Crippen LogP contribution in [0.4, 0.5) is 19.3 Å². The summed E-state index contributed by atoms with van der Waals surface area (Å²) in [7, 11) is 1.85. The van der Waals surface area contributed by atoms with Crippen LogP contribution >= 0.6 is 0 Å². The Kier molecular flexibility index (Phi) is 5.72. The molecule has 1 aromatic carbocycles. The number of carbonyl (C=O) groups excluding carboxylic acids is 3. The Balaban J connectivity index is 1.14. The van der Waals surface area contributed by atoms with Gasteiger partial charge in [-0.25, -0.2) is 13.6 Å². The number of ether oxygens (including phenoxy) is 1. The van der Waals surface area contributed by atoms with Crippen molar-refractivity contribution in [2.24, 2.45) is 0 Å². The van der Waals surface area contributed by atoms with E-state index in [-0.39, 0.29) is 36.6 Å². The first-order valence-corrected chi connectivity index (χ1v) is 11.5. The van der Waals surface area contributed by atoms with Crippen LogP contribution in [0.5, 0.6) is 0 Å². The summed E-state index contributed by atoms with van der Waals surface area (Å²) in [6.45, 7) is 2.25. The van der Waals surface area contributed by atoms with E-state index in [4.69, 9.17) is 4.74 Å². The Bertz CT molecular complexity index is 956. The van der Waals surface area contributed by atoms with E-state index in [2.05, 4.69) is 5.32 Å². The molecule has 4 fully saturated rings. The summed E-state index contributed by atoms with van der Waals surface area (Å²) in [6.07, 6.45) is 2.99. The normalized spacial score (nSPS) is 25.8. The molecule has 1 saturated carbocycles. The molecule has 1 aromatic rings. The summed E-state index contributed by atoms with van der Waals surface area (Å²) >= 11 is 0. The largest absolute Gasteiger partial charge is 0.369 e. The quantitative estimate of drug-likeness (QED) is 0.677. The minimum atomic E-state index is -1.00. The van der Waals surface area contributed by atoms with Gasteiger partial charge in [-0.1, -0.05) is 0 Å². The summed E-state index contributed by atoms with van der Waals surface area (Å²) in [5.74, 6) is -3.66. The van der Waals surface area contributed by atoms with Gasteiger partial charge in [0.1, 0.15) is 11.6 Å². The number of nitrogens with zero attached hydrogens (tertiary/aromatic N) is 3. The number of anilines is 1. The van der Waals surface area contributed by atoms with Gasteiger partial charge in [-0.15, -0.1) is 0 Å². The molecule has 8 nitrogen and oxygen atoms in total. The van der Waals surface area contributed by atoms with E-state index < -0.39 is 29.4 Å². The molecule has 4 amide bonds. The first-order chi connectivity index (χ1) is 15.8. The fraction of sp³-hybridized carbons (Fsp3) is 0.609. The molecule has 5 rings (SSSR count). The van der Waals surface area contributed by atoms with Crippen LogP contribution in [0.3, 0.4) is 0 Å². The van der Waals surface area contributed by atoms with Crippen molar-refractivity contribution in [3.05, 3.63) is 29.3 Å². The summed E-state index contributed by atoms with van der Waals surface area (Å²) in [6, 6.07) is 2.91. The van der Waals surface area contributed by atoms with Crippen molar-refractivity contribution in [1.82, 2.24) is 15.1 Å². The van der Waals surface area contributed by atoms with Crippen LogP contribution in [-0.4, -0.2) is 79.1 Å². The van der Waals surface area contributed by atoms with Crippen LogP contribution in [0.2, 0.25) is 0 Å². The maximum absolute atomic E-state index is 14.8. The van der Waals surface area contributed by atoms with Crippen molar-refractivity contribution in [1.29, 1.82) is 0 Å². The molecule has 0 bridgehead atoms. The number of carbonyl (C=O) groups is 3. The van der Waals surface area contributed by atoms with Gasteiger partial charge in [-0.05, 0) is 37.8 Å². The van der Waals surface area contributed by atoms with Crippen molar-refractivity contribution in [3.8, 4) is 0 Å². The second kappa shape index (κ2) is 8.55. The molecule has 33 heavy (non-hydrogen) atoms. The summed E-state index contributed by atoms with van der Waals surface area (Å²) in [5, 5.41) is 2.14. The number of hydrogen-bond donors (Lipinski definition) is 1. The highest BCUT2D eigenvalue weighted by atomic mass is 19.1. The second-order valence-corrected chi connectivity index (χ2v) is 9.47. The maximum Gasteiger partial charge on any atom is 0.320 e. The first kappa shape index (κ1) is 22.1. The highest BCUT2D eigenvalue weighted by Gasteiger charge is 2.38. The number of piperidine rings is 1. The number of hydrogen-bond acceptors (Lipinski definition) is 5. The van der Waals surface area contributed by atoms with Crippen molar-refractivity contribution in [2.75, 3.05) is 38.1 Å². The topological polar surface area (TPSA) is 82.2 Å². The summed E-state index contributed by atoms with van der Waals surface area (Å²) in [4.78, 5) is 41.3. The van der Waals surface area contributed by atoms with Crippen molar-refractivity contribution in [2.45, 2.75) is 56.3 Å². The molecule has 4 aliphatic rings. The predicted molar refractivity (Wildman–Crippen MR) is 115 cm³/mol. The monoisotopic (exact) mass is 462 g/mol. The molecule has 0 radical (unpaired) electrons. The van der Waals surface area contributed by atoms with Crippen LogP contribution in [-0.2, 0) is 14.3 Å². The van der Waals surface area contributed by atoms with Gasteiger partial charge in [0.2, 0.25) is 11.8 Å². The number of benzene rings is 1. The van der Waals surface area contributed by atoms with Crippen LogP contribution < -0.4 is 10.2 Å². The molecule has 1 N–H and O–H groups in total. The molecule has 3 saturated heterocycles. The molecule has 0 aromatic heterocycles. The second-order valence-electron chi connectivity index (χ2n) is 9.47. The Morgan fingerprint density at radius 3 is 2.39 bits per heavy atom. The van der Waals surface area contributed by atoms with Gasteiger partial charge >= 0.3 is 6.03 Å². The van der Waals surface area contributed by atoms with Crippen molar-refractivity contribution >= 4 is 23.5 Å². The van der Waals surface area contributed by atoms with Gasteiger partial charge in [-0.2, -0.15) is 0 Å². The van der Waals surface area contributed by atoms with Crippen LogP contribution in [0, 0.1) is 11.6 Å². The van der Waals surface area contributed by atoms with Gasteiger partial charge in [0.25, 0.3) is 0 Å². The van der Waals surface area contributed by atoms with Crippen LogP contribution in [0.25, 0.3) is 0 Å². The molecule has 178 valence electrons. The molecule has 2 atom stereocenters. The summed E-state index contributed by atoms with van der Waals surface area (Å²) in [5.41, 5.74) is 0.110. The average molecular weight is 462 g/mol. The van der Waals surface area contributed by atoms with Gasteiger partial charge in [0, 0.05) is 56.9 Å². The number of halogens is 2. The predicted octanol–water partition coefficient (Wildman–Crippen LogP) is 1.98. The molecular formula is C23H28F2N4O4. The number of likely N-dealkylation sites (tertiary alicyclic amines) is 1. The Morgan fingerprint density at radius 1 is 1.06 bits per heavy atom. The third-order valence-electron chi connectivity index (χ3n) is 7.06. The highest BCUT2D eigenvalue weighted by Crippen LogP contribution is 2.34. The number of amides is 4. The molecular weight excluding hydrogens is 434 g/mol. The number of nitrogens with one attached hydrogen (secondary N) is 1. The Morgan fingerprint density at radius 2 is 1.76 bits per heavy atom. The van der Waals surface area contributed by atoms with Gasteiger partial charge in [0.15, 0.2) is 0 Å². The molecule has 1 aliphatic carbocycles. The Labute approximate surface area is 190 Å². The maximum atomic E-state index is 14.8. The first-order valence-electron chi connectivity index (χ1n) is 11.5. The highest BCUT2D eigenvalue weighted by molar-refractivity contribution is 6.01. The van der Waals surface area contributed by atoms with Gasteiger partial charge < -0.3 is 19.4 Å². The minimum Gasteiger partial charge on any atom is -0.369 e. The smallest absolute Gasteiger partial charge is 0.320 e. The minimum absolute atomic E-state index is 0.0305. The zero-order chi connectivity index (χ0) is 23.3. The van der Waals surface area contributed by atoms with E-state index >= 15 is 0 Å². The molecule has 3 heterocycles. The lowest BCUT2D eigenvalue weighted by Gasteiger charge is -2.42. The standard InChI is InChI=1S/C23H28F2N4O4/c1-27(13-2-3-13)23(32)28-7-6-15(10-28)33-16-11-29(12-16)14-8-18(24)21(19(25)9-14)17-4-5-20(30)26-22(17)31/h8-9,13,15-17H,2-7,10-12H2,1H3,(H,26,30,31)/t15-,17?/m0/s1. The number of imide groups is 1. The van der Waals surface area contributed by atoms with E-state index in [0.29, 0.717) is 37.9 Å². The molecule has 10 heteroatoms. The van der Waals surface area contributed by atoms with Crippen molar-refractivity contribution < 1.29 is 27.9 Å². The molecule has 1 unspecified atom stereocenters. The number of rotatable bonds is 5. The fourth-order valence-electron chi connectivity index (χ4n) is 4.92. The zero-order valence-corrected chi connectivity index (χ0v) is 18.6. The van der Waals surface area contributed by atoms with Crippen molar-refractivity contribution in [3.63, 3.8) is 0 Å². The van der Waals surface area contributed by atoms with E-state index in [9.17, 15) is 23.2 Å². The van der Waals surface area contributed by atoms with Crippen LogP contribution in [0.15, 0.2) is 12.1 Å². The van der Waals surface area contributed by atoms with Gasteiger partial charge in [0.05, 0.1) is 18.1 Å². The molecule has 0 spiro atoms. The van der Waals surface area contributed by atoms with Gasteiger partial charge in [-0.3, -0.25) is 14.9 Å². The third-order valence-corrected chi connectivity index (χ3v) is 7.06. The third kappa shape index (κ3) is 4.40. The van der Waals surface area contributed by atoms with E-state index in [0.717, 1.165) is 19.3 Å². The van der Waals surface area contributed by atoms with E-state index in [1.807, 2.05) is 21.7 Å². The Hall–Kier alpha value is -2.75. The zero-order valence-electron chi connectivity index (χ0n) is 18.6. The average Bonchev–Trinajstić information content (AvgIpc) is 3.48. The lowest BCUT2D eigenvalue weighted by atomic mass is 9.89. The summed E-state index contributed by atoms with van der Waals surface area (Å²) < 4.78 is 35.6. The lowest BCUT2D eigenvalue weighted by molar-refractivity contribution is -0.134. The SMILES string of the molecule is CN(C(=O)N1CC[C@H](OC2CN(c3cc(F)c(C4CCC(=O)NC4=O)c(F)c3)C2)C1)C1CC1. The van der Waals surface area contributed by atoms with E-state index in [1.165, 1.54) is 12.1 Å². The van der Waals surface area contributed by atoms with E-state index in [1.54, 1.807) is 0 Å². The number of urea groups is 1. The molecule has 3 aliphatic heterocycles. The van der Waals surface area contributed by atoms with Crippen LogP contribution in [0.1, 0.15) is 43.6 Å². The lowest BCUT2D eigenvalue weighted by Crippen LogP contribution is -2.54. The fourth-order valence-corrected chi connectivity index (χ4v) is 4.92.